The lowest BCUT2D eigenvalue weighted by Crippen LogP contribution is -2.31. The Morgan fingerprint density at radius 3 is 2.14 bits per heavy atom. The Morgan fingerprint density at radius 1 is 1.05 bits per heavy atom. The molecular formula is C17H17ClFNO. The van der Waals surface area contributed by atoms with E-state index in [1.807, 2.05) is 26.0 Å². The summed E-state index contributed by atoms with van der Waals surface area (Å²) >= 11 is 5.89. The maximum absolute atomic E-state index is 12.9. The van der Waals surface area contributed by atoms with E-state index in [1.165, 1.54) is 24.3 Å². The Kier molecular flexibility index (Phi) is 4.97. The highest BCUT2D eigenvalue weighted by molar-refractivity contribution is 6.30. The van der Waals surface area contributed by atoms with Crippen LogP contribution in [0.4, 0.5) is 4.39 Å². The number of rotatable bonds is 4. The van der Waals surface area contributed by atoms with E-state index >= 15 is 0 Å². The fourth-order valence-corrected chi connectivity index (χ4v) is 2.26. The van der Waals surface area contributed by atoms with Gasteiger partial charge in [-0.25, -0.2) is 4.39 Å². The van der Waals surface area contributed by atoms with E-state index in [0.717, 1.165) is 5.56 Å². The van der Waals surface area contributed by atoms with E-state index in [-0.39, 0.29) is 23.7 Å². The summed E-state index contributed by atoms with van der Waals surface area (Å²) < 4.78 is 12.9. The van der Waals surface area contributed by atoms with Crippen LogP contribution in [0.15, 0.2) is 48.5 Å². The Labute approximate surface area is 128 Å². The Hall–Kier alpha value is -1.87. The van der Waals surface area contributed by atoms with Gasteiger partial charge in [0, 0.05) is 10.6 Å². The van der Waals surface area contributed by atoms with Gasteiger partial charge in [-0.2, -0.15) is 0 Å². The predicted molar refractivity (Wildman–Crippen MR) is 82.9 cm³/mol. The quantitative estimate of drug-likeness (QED) is 0.878. The van der Waals surface area contributed by atoms with Crippen molar-refractivity contribution in [2.24, 2.45) is 5.92 Å². The van der Waals surface area contributed by atoms with E-state index in [1.54, 1.807) is 12.1 Å². The third kappa shape index (κ3) is 4.05. The topological polar surface area (TPSA) is 29.1 Å². The molecule has 1 amide bonds. The summed E-state index contributed by atoms with van der Waals surface area (Å²) in [7, 11) is 0. The first-order valence-corrected chi connectivity index (χ1v) is 7.17. The van der Waals surface area contributed by atoms with Crippen LogP contribution in [0.25, 0.3) is 0 Å². The molecule has 4 heteroatoms. The van der Waals surface area contributed by atoms with Gasteiger partial charge in [0.25, 0.3) is 5.91 Å². The number of hydrogen-bond donors (Lipinski definition) is 1. The van der Waals surface area contributed by atoms with Crippen molar-refractivity contribution in [3.8, 4) is 0 Å². The van der Waals surface area contributed by atoms with Gasteiger partial charge in [0.15, 0.2) is 0 Å². The van der Waals surface area contributed by atoms with Crippen molar-refractivity contribution >= 4 is 17.5 Å². The molecule has 0 fully saturated rings. The molecule has 0 aliphatic rings. The van der Waals surface area contributed by atoms with E-state index < -0.39 is 0 Å². The standard InChI is InChI=1S/C17H17ClFNO/c1-11(2)16(12-3-7-14(18)8-4-12)20-17(21)13-5-9-15(19)10-6-13/h3-11,16H,1-2H3,(H,20,21). The smallest absolute Gasteiger partial charge is 0.251 e. The number of carbonyl (C=O) groups is 1. The summed E-state index contributed by atoms with van der Waals surface area (Å²) in [5, 5.41) is 3.64. The molecule has 0 saturated heterocycles. The van der Waals surface area contributed by atoms with E-state index in [9.17, 15) is 9.18 Å². The molecule has 0 bridgehead atoms. The van der Waals surface area contributed by atoms with E-state index in [0.29, 0.717) is 10.6 Å². The zero-order chi connectivity index (χ0) is 15.4. The summed E-state index contributed by atoms with van der Waals surface area (Å²) in [6, 6.07) is 12.8. The van der Waals surface area contributed by atoms with Crippen LogP contribution in [0.2, 0.25) is 5.02 Å². The largest absolute Gasteiger partial charge is 0.345 e. The van der Waals surface area contributed by atoms with Crippen molar-refractivity contribution in [1.82, 2.24) is 5.32 Å². The summed E-state index contributed by atoms with van der Waals surface area (Å²) in [6.45, 7) is 4.06. The minimum atomic E-state index is -0.357. The number of carbonyl (C=O) groups excluding carboxylic acids is 1. The number of hydrogen-bond acceptors (Lipinski definition) is 1. The van der Waals surface area contributed by atoms with Gasteiger partial charge in [-0.15, -0.1) is 0 Å². The summed E-state index contributed by atoms with van der Waals surface area (Å²) in [6.07, 6.45) is 0. The molecule has 0 saturated carbocycles. The van der Waals surface area contributed by atoms with Crippen LogP contribution in [0.5, 0.6) is 0 Å². The van der Waals surface area contributed by atoms with Gasteiger partial charge in [-0.1, -0.05) is 37.6 Å². The van der Waals surface area contributed by atoms with Gasteiger partial charge in [-0.3, -0.25) is 4.79 Å². The molecule has 1 atom stereocenters. The van der Waals surface area contributed by atoms with Crippen LogP contribution in [0.1, 0.15) is 35.8 Å². The van der Waals surface area contributed by atoms with Crippen molar-refractivity contribution < 1.29 is 9.18 Å². The highest BCUT2D eigenvalue weighted by atomic mass is 35.5. The normalized spacial score (nSPS) is 12.2. The molecule has 110 valence electrons. The molecule has 21 heavy (non-hydrogen) atoms. The van der Waals surface area contributed by atoms with Crippen LogP contribution in [-0.2, 0) is 0 Å². The Balaban J connectivity index is 2.18. The molecule has 2 nitrogen and oxygen atoms in total. The molecule has 1 unspecified atom stereocenters. The highest BCUT2D eigenvalue weighted by Crippen LogP contribution is 2.23. The molecule has 2 aromatic carbocycles. The van der Waals surface area contributed by atoms with Crippen LogP contribution in [0, 0.1) is 11.7 Å². The number of halogens is 2. The van der Waals surface area contributed by atoms with Crippen molar-refractivity contribution in [3.63, 3.8) is 0 Å². The second kappa shape index (κ2) is 6.72. The lowest BCUT2D eigenvalue weighted by atomic mass is 9.95. The molecule has 0 spiro atoms. The monoisotopic (exact) mass is 305 g/mol. The summed E-state index contributed by atoms with van der Waals surface area (Å²) in [4.78, 5) is 12.3. The molecule has 0 heterocycles. The average Bonchev–Trinajstić information content (AvgIpc) is 2.46. The molecule has 0 radical (unpaired) electrons. The third-order valence-electron chi connectivity index (χ3n) is 3.29. The lowest BCUT2D eigenvalue weighted by molar-refractivity contribution is 0.0925. The molecule has 1 N–H and O–H groups in total. The molecule has 0 aromatic heterocycles. The average molecular weight is 306 g/mol. The van der Waals surface area contributed by atoms with Gasteiger partial charge in [-0.05, 0) is 47.9 Å². The minimum absolute atomic E-state index is 0.125. The first-order valence-electron chi connectivity index (χ1n) is 6.79. The van der Waals surface area contributed by atoms with E-state index in [4.69, 9.17) is 11.6 Å². The maximum atomic E-state index is 12.9. The second-order valence-corrected chi connectivity index (χ2v) is 5.69. The Morgan fingerprint density at radius 2 is 1.62 bits per heavy atom. The van der Waals surface area contributed by atoms with Crippen molar-refractivity contribution in [2.75, 3.05) is 0 Å². The van der Waals surface area contributed by atoms with Gasteiger partial charge in [0.2, 0.25) is 0 Å². The highest BCUT2D eigenvalue weighted by Gasteiger charge is 2.19. The number of amides is 1. The van der Waals surface area contributed by atoms with Crippen molar-refractivity contribution in [3.05, 3.63) is 70.5 Å². The van der Waals surface area contributed by atoms with Crippen LogP contribution in [0.3, 0.4) is 0 Å². The summed E-state index contributed by atoms with van der Waals surface area (Å²) in [5.74, 6) is -0.358. The number of benzene rings is 2. The van der Waals surface area contributed by atoms with Crippen LogP contribution in [-0.4, -0.2) is 5.91 Å². The first kappa shape index (κ1) is 15.5. The first-order chi connectivity index (χ1) is 9.97. The van der Waals surface area contributed by atoms with Gasteiger partial charge >= 0.3 is 0 Å². The minimum Gasteiger partial charge on any atom is -0.345 e. The van der Waals surface area contributed by atoms with Crippen molar-refractivity contribution in [2.45, 2.75) is 19.9 Å². The molecular weight excluding hydrogens is 289 g/mol. The number of nitrogens with one attached hydrogen (secondary N) is 1. The third-order valence-corrected chi connectivity index (χ3v) is 3.54. The summed E-state index contributed by atoms with van der Waals surface area (Å²) in [5.41, 5.74) is 1.43. The van der Waals surface area contributed by atoms with Crippen LogP contribution < -0.4 is 5.32 Å². The molecule has 0 aliphatic heterocycles. The molecule has 2 aromatic rings. The van der Waals surface area contributed by atoms with Gasteiger partial charge < -0.3 is 5.32 Å². The SMILES string of the molecule is CC(C)C(NC(=O)c1ccc(F)cc1)c1ccc(Cl)cc1. The van der Waals surface area contributed by atoms with Gasteiger partial charge in [0.1, 0.15) is 5.82 Å². The maximum Gasteiger partial charge on any atom is 0.251 e. The fraction of sp³-hybridized carbons (Fsp3) is 0.235. The molecule has 0 aliphatic carbocycles. The van der Waals surface area contributed by atoms with Crippen molar-refractivity contribution in [1.29, 1.82) is 0 Å². The fourth-order valence-electron chi connectivity index (χ4n) is 2.13. The van der Waals surface area contributed by atoms with Crippen LogP contribution >= 0.6 is 11.6 Å². The molecule has 2 rings (SSSR count). The predicted octanol–water partition coefficient (Wildman–Crippen LogP) is 4.61. The zero-order valence-corrected chi connectivity index (χ0v) is 12.7. The van der Waals surface area contributed by atoms with E-state index in [2.05, 4.69) is 5.32 Å². The second-order valence-electron chi connectivity index (χ2n) is 5.25. The zero-order valence-electron chi connectivity index (χ0n) is 11.9. The Bertz CT molecular complexity index is 608. The van der Waals surface area contributed by atoms with Gasteiger partial charge in [0.05, 0.1) is 6.04 Å². The lowest BCUT2D eigenvalue weighted by Gasteiger charge is -2.23.